The van der Waals surface area contributed by atoms with Crippen LogP contribution in [0.4, 0.5) is 0 Å². The van der Waals surface area contributed by atoms with Gasteiger partial charge in [-0.1, -0.05) is 161 Å². The van der Waals surface area contributed by atoms with Crippen molar-refractivity contribution < 1.29 is 15.0 Å². The summed E-state index contributed by atoms with van der Waals surface area (Å²) in [6, 6.07) is -0.564. The van der Waals surface area contributed by atoms with E-state index in [-0.39, 0.29) is 12.5 Å². The highest BCUT2D eigenvalue weighted by Crippen LogP contribution is 2.09. The summed E-state index contributed by atoms with van der Waals surface area (Å²) in [7, 11) is 0. The van der Waals surface area contributed by atoms with Gasteiger partial charge in [0.1, 0.15) is 0 Å². The second-order valence-corrected chi connectivity index (χ2v) is 12.3. The molecule has 0 heterocycles. The quantitative estimate of drug-likeness (QED) is 0.0492. The standard InChI is InChI=1S/C45H71NO3/c1-3-5-7-9-10-11-12-13-14-15-16-17-18-19-20-21-22-23-24-25-26-27-28-29-30-31-32-33-34-35-36-37-39-41-45(49)46-43(42-47)44(48)40-38-8-6-4-2/h5,7,10-11,13-14,16-17,19-20,22-23,25-26,28-29,31-32,34-35,43-44,47-48H,3-4,6,8-9,12,15,18,21,24,27,30,33,36-42H2,1-2H3,(H,46,49)/b7-5-,11-10-,14-13-,17-16-,20-19-,23-22-,26-25-,29-28-,32-31-,35-34-. The van der Waals surface area contributed by atoms with Gasteiger partial charge in [0.15, 0.2) is 0 Å². The molecule has 0 bridgehead atoms. The molecule has 0 saturated carbocycles. The monoisotopic (exact) mass is 674 g/mol. The first kappa shape index (κ1) is 45.8. The van der Waals surface area contributed by atoms with Gasteiger partial charge < -0.3 is 15.5 Å². The number of carbonyl (C=O) groups is 1. The van der Waals surface area contributed by atoms with Crippen molar-refractivity contribution in [2.45, 2.75) is 148 Å². The Labute approximate surface area is 301 Å². The molecule has 0 aromatic heterocycles. The minimum atomic E-state index is -0.682. The fourth-order valence-electron chi connectivity index (χ4n) is 4.80. The second kappa shape index (κ2) is 39.2. The third-order valence-electron chi connectivity index (χ3n) is 7.74. The molecule has 2 atom stereocenters. The molecule has 0 saturated heterocycles. The molecule has 0 aliphatic rings. The van der Waals surface area contributed by atoms with E-state index >= 15 is 0 Å². The lowest BCUT2D eigenvalue weighted by Gasteiger charge is -2.22. The summed E-state index contributed by atoms with van der Waals surface area (Å²) >= 11 is 0. The van der Waals surface area contributed by atoms with Crippen LogP contribution in [0.1, 0.15) is 136 Å². The highest BCUT2D eigenvalue weighted by molar-refractivity contribution is 5.76. The number of hydrogen-bond donors (Lipinski definition) is 3. The summed E-state index contributed by atoms with van der Waals surface area (Å²) in [5, 5.41) is 22.6. The number of aliphatic hydroxyl groups excluding tert-OH is 2. The van der Waals surface area contributed by atoms with Crippen molar-refractivity contribution in [1.82, 2.24) is 5.32 Å². The van der Waals surface area contributed by atoms with Crippen LogP contribution in [0.2, 0.25) is 0 Å². The zero-order chi connectivity index (χ0) is 35.7. The number of nitrogens with one attached hydrogen (secondary N) is 1. The molecule has 0 fully saturated rings. The summed E-state index contributed by atoms with van der Waals surface area (Å²) in [4.78, 5) is 12.2. The number of aliphatic hydroxyl groups is 2. The Morgan fingerprint density at radius 3 is 1.27 bits per heavy atom. The first-order chi connectivity index (χ1) is 24.2. The van der Waals surface area contributed by atoms with Crippen LogP contribution in [-0.2, 0) is 4.79 Å². The molecular formula is C45H71NO3. The molecule has 3 N–H and O–H groups in total. The average molecular weight is 674 g/mol. The molecule has 0 rings (SSSR count). The summed E-state index contributed by atoms with van der Waals surface area (Å²) < 4.78 is 0. The fraction of sp³-hybridized carbons (Fsp3) is 0.533. The van der Waals surface area contributed by atoms with Gasteiger partial charge in [0.2, 0.25) is 5.91 Å². The predicted octanol–water partition coefficient (Wildman–Crippen LogP) is 11.8. The molecule has 4 heteroatoms. The summed E-state index contributed by atoms with van der Waals surface area (Å²) in [5.74, 6) is -0.0907. The lowest BCUT2D eigenvalue weighted by molar-refractivity contribution is -0.123. The van der Waals surface area contributed by atoms with E-state index in [0.29, 0.717) is 12.8 Å². The van der Waals surface area contributed by atoms with E-state index in [4.69, 9.17) is 0 Å². The Morgan fingerprint density at radius 2 is 0.898 bits per heavy atom. The molecule has 1 amide bonds. The third-order valence-corrected chi connectivity index (χ3v) is 7.74. The van der Waals surface area contributed by atoms with Crippen molar-refractivity contribution in [2.24, 2.45) is 0 Å². The van der Waals surface area contributed by atoms with Crippen LogP contribution >= 0.6 is 0 Å². The minimum Gasteiger partial charge on any atom is -0.394 e. The van der Waals surface area contributed by atoms with Crippen LogP contribution < -0.4 is 5.32 Å². The fourth-order valence-corrected chi connectivity index (χ4v) is 4.80. The normalized spacial score (nSPS) is 14.4. The first-order valence-corrected chi connectivity index (χ1v) is 19.2. The van der Waals surface area contributed by atoms with E-state index in [2.05, 4.69) is 141 Å². The largest absolute Gasteiger partial charge is 0.394 e. The SMILES string of the molecule is CC/C=C\C/C=C\C/C=C\C/C=C\C/C=C\C/C=C\C/C=C\C/C=C\C/C=C\C/C=C\CCCCC(=O)NC(CO)C(O)CCCCCC. The number of unbranched alkanes of at least 4 members (excludes halogenated alkanes) is 5. The van der Waals surface area contributed by atoms with E-state index in [1.165, 1.54) is 0 Å². The molecule has 0 aromatic carbocycles. The predicted molar refractivity (Wildman–Crippen MR) is 215 cm³/mol. The van der Waals surface area contributed by atoms with E-state index in [1.54, 1.807) is 0 Å². The second-order valence-electron chi connectivity index (χ2n) is 12.3. The van der Waals surface area contributed by atoms with Crippen LogP contribution in [0.3, 0.4) is 0 Å². The molecule has 0 spiro atoms. The molecule has 274 valence electrons. The summed E-state index contributed by atoms with van der Waals surface area (Å²) in [5.41, 5.74) is 0. The molecule has 4 nitrogen and oxygen atoms in total. The van der Waals surface area contributed by atoms with Gasteiger partial charge in [-0.05, 0) is 89.9 Å². The number of amides is 1. The van der Waals surface area contributed by atoms with Gasteiger partial charge in [-0.3, -0.25) is 4.79 Å². The van der Waals surface area contributed by atoms with Crippen LogP contribution in [0, 0.1) is 0 Å². The lowest BCUT2D eigenvalue weighted by Crippen LogP contribution is -2.45. The van der Waals surface area contributed by atoms with Gasteiger partial charge in [0, 0.05) is 6.42 Å². The highest BCUT2D eigenvalue weighted by Gasteiger charge is 2.19. The number of rotatable bonds is 32. The molecule has 0 radical (unpaired) electrons. The molecule has 2 unspecified atom stereocenters. The number of hydrogen-bond acceptors (Lipinski definition) is 3. The Morgan fingerprint density at radius 1 is 0.510 bits per heavy atom. The summed E-state index contributed by atoms with van der Waals surface area (Å²) in [6.07, 6.45) is 61.6. The van der Waals surface area contributed by atoms with Crippen molar-refractivity contribution in [1.29, 1.82) is 0 Å². The number of allylic oxidation sites excluding steroid dienone is 20. The Hall–Kier alpha value is -3.21. The molecule has 0 aromatic rings. The molecular weight excluding hydrogens is 602 g/mol. The van der Waals surface area contributed by atoms with Crippen LogP contribution in [0.15, 0.2) is 122 Å². The first-order valence-electron chi connectivity index (χ1n) is 19.2. The van der Waals surface area contributed by atoms with E-state index in [9.17, 15) is 15.0 Å². The van der Waals surface area contributed by atoms with Gasteiger partial charge >= 0.3 is 0 Å². The highest BCUT2D eigenvalue weighted by atomic mass is 16.3. The smallest absolute Gasteiger partial charge is 0.220 e. The van der Waals surface area contributed by atoms with Crippen molar-refractivity contribution in [3.05, 3.63) is 122 Å². The average Bonchev–Trinajstić information content (AvgIpc) is 3.11. The van der Waals surface area contributed by atoms with Gasteiger partial charge in [-0.15, -0.1) is 0 Å². The maximum atomic E-state index is 12.2. The lowest BCUT2D eigenvalue weighted by atomic mass is 10.0. The molecule has 0 aliphatic heterocycles. The third kappa shape index (κ3) is 35.9. The maximum Gasteiger partial charge on any atom is 0.220 e. The zero-order valence-corrected chi connectivity index (χ0v) is 31.1. The topological polar surface area (TPSA) is 69.6 Å². The zero-order valence-electron chi connectivity index (χ0n) is 31.1. The van der Waals surface area contributed by atoms with Crippen molar-refractivity contribution in [3.8, 4) is 0 Å². The Balaban J connectivity index is 3.72. The van der Waals surface area contributed by atoms with E-state index in [0.717, 1.165) is 109 Å². The van der Waals surface area contributed by atoms with Crippen molar-refractivity contribution >= 4 is 5.91 Å². The Bertz CT molecular complexity index is 1040. The van der Waals surface area contributed by atoms with Crippen LogP contribution in [0.25, 0.3) is 0 Å². The number of carbonyl (C=O) groups excluding carboxylic acids is 1. The Kier molecular flexibility index (Phi) is 36.7. The van der Waals surface area contributed by atoms with Gasteiger partial charge in [0.25, 0.3) is 0 Å². The van der Waals surface area contributed by atoms with Gasteiger partial charge in [0.05, 0.1) is 18.8 Å². The van der Waals surface area contributed by atoms with Gasteiger partial charge in [-0.25, -0.2) is 0 Å². The van der Waals surface area contributed by atoms with Gasteiger partial charge in [-0.2, -0.15) is 0 Å². The maximum absolute atomic E-state index is 12.2. The molecule has 49 heavy (non-hydrogen) atoms. The minimum absolute atomic E-state index is 0.0907. The van der Waals surface area contributed by atoms with Crippen molar-refractivity contribution in [2.75, 3.05) is 6.61 Å². The van der Waals surface area contributed by atoms with Crippen molar-refractivity contribution in [3.63, 3.8) is 0 Å². The van der Waals surface area contributed by atoms with Crippen LogP contribution in [-0.4, -0.2) is 34.9 Å². The molecule has 0 aliphatic carbocycles. The van der Waals surface area contributed by atoms with E-state index < -0.39 is 12.1 Å². The van der Waals surface area contributed by atoms with E-state index in [1.807, 2.05) is 0 Å². The van der Waals surface area contributed by atoms with Crippen LogP contribution in [0.5, 0.6) is 0 Å². The summed E-state index contributed by atoms with van der Waals surface area (Å²) in [6.45, 7) is 4.08.